The van der Waals surface area contributed by atoms with Crippen molar-refractivity contribution in [2.45, 2.75) is 39.7 Å². The zero-order chi connectivity index (χ0) is 16.2. The van der Waals surface area contributed by atoms with Crippen molar-refractivity contribution in [1.29, 1.82) is 0 Å². The highest BCUT2D eigenvalue weighted by atomic mass is 16.6. The zero-order valence-electron chi connectivity index (χ0n) is 14.3. The molecule has 1 aliphatic carbocycles. The quantitative estimate of drug-likeness (QED) is 0.637. The van der Waals surface area contributed by atoms with E-state index in [-0.39, 0.29) is 18.1 Å². The lowest BCUT2D eigenvalue weighted by molar-refractivity contribution is -0.0937. The third kappa shape index (κ3) is 2.26. The van der Waals surface area contributed by atoms with Gasteiger partial charge >= 0.3 is 7.12 Å². The molecule has 0 radical (unpaired) electrons. The van der Waals surface area contributed by atoms with Gasteiger partial charge in [0.25, 0.3) is 0 Å². The summed E-state index contributed by atoms with van der Waals surface area (Å²) in [5.74, 6) is 0. The first-order valence-electron chi connectivity index (χ1n) is 8.38. The van der Waals surface area contributed by atoms with Crippen molar-refractivity contribution in [2.24, 2.45) is 5.41 Å². The fourth-order valence-electron chi connectivity index (χ4n) is 3.48. The molecule has 0 N–H and O–H groups in total. The van der Waals surface area contributed by atoms with E-state index in [1.54, 1.807) is 0 Å². The molecule has 1 fully saturated rings. The largest absolute Gasteiger partial charge is 0.494 e. The summed E-state index contributed by atoms with van der Waals surface area (Å²) in [5, 5.41) is 0. The highest BCUT2D eigenvalue weighted by Crippen LogP contribution is 2.40. The Balaban J connectivity index is 1.73. The van der Waals surface area contributed by atoms with Gasteiger partial charge in [-0.3, -0.25) is 0 Å². The van der Waals surface area contributed by atoms with Gasteiger partial charge in [0.05, 0.1) is 5.60 Å². The molecule has 2 nitrogen and oxygen atoms in total. The van der Waals surface area contributed by atoms with Crippen LogP contribution >= 0.6 is 0 Å². The summed E-state index contributed by atoms with van der Waals surface area (Å²) < 4.78 is 12.5. The lowest BCUT2D eigenvalue weighted by Gasteiger charge is -2.47. The van der Waals surface area contributed by atoms with Crippen LogP contribution in [0.25, 0.3) is 11.1 Å². The second-order valence-electron chi connectivity index (χ2n) is 7.86. The Bertz CT molecular complexity index is 764. The fourth-order valence-corrected chi connectivity index (χ4v) is 3.48. The summed E-state index contributed by atoms with van der Waals surface area (Å²) in [7, 11) is -0.276. The van der Waals surface area contributed by atoms with Crippen molar-refractivity contribution in [3.63, 3.8) is 0 Å². The van der Waals surface area contributed by atoms with Crippen LogP contribution in [0.5, 0.6) is 0 Å². The lowest BCUT2D eigenvalue weighted by Crippen LogP contribution is -2.58. The van der Waals surface area contributed by atoms with Gasteiger partial charge in [0, 0.05) is 12.0 Å². The van der Waals surface area contributed by atoms with Crippen molar-refractivity contribution in [1.82, 2.24) is 0 Å². The molecular weight excluding hydrogens is 283 g/mol. The zero-order valence-corrected chi connectivity index (χ0v) is 14.3. The molecule has 0 spiro atoms. The molecule has 0 aromatic heterocycles. The van der Waals surface area contributed by atoms with Crippen molar-refractivity contribution in [2.75, 3.05) is 6.61 Å². The molecule has 118 valence electrons. The summed E-state index contributed by atoms with van der Waals surface area (Å²) in [4.78, 5) is 0. The van der Waals surface area contributed by atoms with E-state index in [4.69, 9.17) is 9.31 Å². The smallest absolute Gasteiger partial charge is 0.407 e. The first-order chi connectivity index (χ1) is 10.9. The number of benzene rings is 2. The average Bonchev–Trinajstić information content (AvgIpc) is 2.89. The molecule has 3 heteroatoms. The summed E-state index contributed by atoms with van der Waals surface area (Å²) in [6.45, 7) is 9.45. The van der Waals surface area contributed by atoms with Crippen LogP contribution in [-0.4, -0.2) is 19.3 Å². The lowest BCUT2D eigenvalue weighted by atomic mass is 9.67. The number of rotatable bonds is 1. The molecule has 2 aliphatic rings. The van der Waals surface area contributed by atoms with Crippen LogP contribution in [0, 0.1) is 5.41 Å². The molecular formula is C20H23BO2. The molecule has 4 rings (SSSR count). The normalized spacial score (nSPS) is 21.0. The van der Waals surface area contributed by atoms with Crippen LogP contribution in [0.15, 0.2) is 42.5 Å². The van der Waals surface area contributed by atoms with Gasteiger partial charge in [0.2, 0.25) is 0 Å². The van der Waals surface area contributed by atoms with E-state index in [0.29, 0.717) is 6.61 Å². The molecule has 0 unspecified atom stereocenters. The summed E-state index contributed by atoms with van der Waals surface area (Å²) in [6.07, 6.45) is 0.967. The van der Waals surface area contributed by atoms with Crippen LogP contribution in [-0.2, 0) is 15.7 Å². The van der Waals surface area contributed by atoms with E-state index in [1.165, 1.54) is 27.7 Å². The average molecular weight is 306 g/mol. The van der Waals surface area contributed by atoms with Crippen LogP contribution in [0.4, 0.5) is 0 Å². The predicted molar refractivity (Wildman–Crippen MR) is 95.0 cm³/mol. The highest BCUT2D eigenvalue weighted by molar-refractivity contribution is 6.62. The van der Waals surface area contributed by atoms with Crippen molar-refractivity contribution in [3.05, 3.63) is 53.6 Å². The van der Waals surface area contributed by atoms with Gasteiger partial charge in [0.1, 0.15) is 0 Å². The second-order valence-corrected chi connectivity index (χ2v) is 7.86. The molecule has 2 aromatic carbocycles. The Morgan fingerprint density at radius 1 is 0.913 bits per heavy atom. The standard InChI is InChI=1S/C20H23BO2/c1-19(2)13-22-21(23-20(19,3)4)18-11-7-10-16-15-9-6-5-8-14(15)12-17(16)18/h5-11H,12-13H2,1-4H3. The number of hydrogen-bond acceptors (Lipinski definition) is 2. The minimum absolute atomic E-state index is 0.00438. The maximum atomic E-state index is 6.38. The third-order valence-corrected chi connectivity index (χ3v) is 5.77. The van der Waals surface area contributed by atoms with Gasteiger partial charge in [-0.25, -0.2) is 0 Å². The van der Waals surface area contributed by atoms with Gasteiger partial charge in [-0.15, -0.1) is 0 Å². The third-order valence-electron chi connectivity index (χ3n) is 5.77. The maximum Gasteiger partial charge on any atom is 0.494 e. The second kappa shape index (κ2) is 4.96. The molecule has 0 amide bonds. The summed E-state index contributed by atoms with van der Waals surface area (Å²) >= 11 is 0. The van der Waals surface area contributed by atoms with Gasteiger partial charge < -0.3 is 9.31 Å². The Morgan fingerprint density at radius 2 is 1.65 bits per heavy atom. The van der Waals surface area contributed by atoms with Crippen LogP contribution in [0.2, 0.25) is 0 Å². The van der Waals surface area contributed by atoms with Gasteiger partial charge in [0.15, 0.2) is 0 Å². The number of hydrogen-bond donors (Lipinski definition) is 0. The molecule has 0 bridgehead atoms. The van der Waals surface area contributed by atoms with E-state index in [1.807, 2.05) is 0 Å². The first-order valence-corrected chi connectivity index (χ1v) is 8.38. The molecule has 2 aromatic rings. The van der Waals surface area contributed by atoms with Crippen LogP contribution in [0.1, 0.15) is 38.8 Å². The fraction of sp³-hybridized carbons (Fsp3) is 0.400. The Hall–Kier alpha value is -1.58. The monoisotopic (exact) mass is 306 g/mol. The minimum Gasteiger partial charge on any atom is -0.407 e. The molecule has 1 saturated heterocycles. The van der Waals surface area contributed by atoms with Crippen molar-refractivity contribution >= 4 is 12.6 Å². The van der Waals surface area contributed by atoms with E-state index in [9.17, 15) is 0 Å². The van der Waals surface area contributed by atoms with Gasteiger partial charge in [-0.05, 0) is 48.0 Å². The van der Waals surface area contributed by atoms with E-state index >= 15 is 0 Å². The van der Waals surface area contributed by atoms with E-state index in [2.05, 4.69) is 70.2 Å². The van der Waals surface area contributed by atoms with Crippen molar-refractivity contribution < 1.29 is 9.31 Å². The van der Waals surface area contributed by atoms with Gasteiger partial charge in [-0.1, -0.05) is 56.3 Å². The number of fused-ring (bicyclic) bond motifs is 3. The molecule has 23 heavy (non-hydrogen) atoms. The van der Waals surface area contributed by atoms with Crippen LogP contribution < -0.4 is 5.46 Å². The summed E-state index contributed by atoms with van der Waals surface area (Å²) in [5.41, 5.74) is 6.39. The molecule has 1 heterocycles. The Kier molecular flexibility index (Phi) is 3.23. The maximum absolute atomic E-state index is 6.38. The Labute approximate surface area is 139 Å². The topological polar surface area (TPSA) is 18.5 Å². The van der Waals surface area contributed by atoms with E-state index < -0.39 is 0 Å². The Morgan fingerprint density at radius 3 is 2.43 bits per heavy atom. The molecule has 0 atom stereocenters. The highest BCUT2D eigenvalue weighted by Gasteiger charge is 2.47. The SMILES string of the molecule is CC1(C)COB(c2cccc3c2Cc2ccccc2-3)OC1(C)C. The van der Waals surface area contributed by atoms with E-state index in [0.717, 1.165) is 6.42 Å². The predicted octanol–water partition coefficient (Wildman–Crippen LogP) is 3.80. The molecule has 1 aliphatic heterocycles. The van der Waals surface area contributed by atoms with Gasteiger partial charge in [-0.2, -0.15) is 0 Å². The minimum atomic E-state index is -0.276. The summed E-state index contributed by atoms with van der Waals surface area (Å²) in [6, 6.07) is 15.1. The molecule has 0 saturated carbocycles. The first kappa shape index (κ1) is 15.0. The van der Waals surface area contributed by atoms with Crippen LogP contribution in [0.3, 0.4) is 0 Å². The van der Waals surface area contributed by atoms with Crippen molar-refractivity contribution in [3.8, 4) is 11.1 Å².